The number of hydrogen-bond donors (Lipinski definition) is 2. The minimum absolute atomic E-state index is 0.174. The molecule has 1 atom stereocenters. The van der Waals surface area contributed by atoms with Crippen molar-refractivity contribution >= 4 is 27.7 Å². The molecular weight excluding hydrogens is 356 g/mol. The third kappa shape index (κ3) is 3.48. The van der Waals surface area contributed by atoms with Gasteiger partial charge in [-0.25, -0.2) is 0 Å². The van der Waals surface area contributed by atoms with Gasteiger partial charge in [0.1, 0.15) is 10.9 Å². The summed E-state index contributed by atoms with van der Waals surface area (Å²) in [5.41, 5.74) is 0.533. The average Bonchev–Trinajstić information content (AvgIpc) is 3.21. The first-order valence-electron chi connectivity index (χ1n) is 8.33. The fourth-order valence-corrected chi connectivity index (χ4v) is 4.37. The van der Waals surface area contributed by atoms with E-state index >= 15 is 0 Å². The van der Waals surface area contributed by atoms with Gasteiger partial charge in [-0.15, -0.1) is 4.40 Å². The molecule has 1 saturated heterocycles. The lowest BCUT2D eigenvalue weighted by atomic mass is 10.1. The van der Waals surface area contributed by atoms with Gasteiger partial charge < -0.3 is 15.5 Å². The Bertz CT molecular complexity index is 879. The summed E-state index contributed by atoms with van der Waals surface area (Å²) in [5.74, 6) is -0.179. The van der Waals surface area contributed by atoms with E-state index in [2.05, 4.69) is 21.6 Å². The molecule has 2 aliphatic heterocycles. The molecule has 0 spiro atoms. The number of likely N-dealkylation sites (tertiary alicyclic amines) is 1. The lowest BCUT2D eigenvalue weighted by Crippen LogP contribution is -2.47. The first kappa shape index (κ1) is 18.1. The van der Waals surface area contributed by atoms with Crippen molar-refractivity contribution in [1.29, 1.82) is 0 Å². The minimum atomic E-state index is -3.72. The SMILES string of the molecule is C=CC(=O)NCCNC(=O)[C@@H]1CCCN1C1=NS(=O)(=O)c2ccccc21. The molecule has 1 aromatic rings. The highest BCUT2D eigenvalue weighted by Gasteiger charge is 2.38. The normalized spacial score (nSPS) is 20.2. The lowest BCUT2D eigenvalue weighted by molar-refractivity contribution is -0.124. The van der Waals surface area contributed by atoms with Crippen molar-refractivity contribution in [2.75, 3.05) is 19.6 Å². The van der Waals surface area contributed by atoms with Crippen molar-refractivity contribution < 1.29 is 18.0 Å². The van der Waals surface area contributed by atoms with E-state index in [1.54, 1.807) is 23.1 Å². The van der Waals surface area contributed by atoms with E-state index in [0.717, 1.165) is 12.5 Å². The summed E-state index contributed by atoms with van der Waals surface area (Å²) in [6, 6.07) is 6.15. The van der Waals surface area contributed by atoms with Crippen LogP contribution in [0.3, 0.4) is 0 Å². The molecule has 1 fully saturated rings. The molecule has 0 bridgehead atoms. The summed E-state index contributed by atoms with van der Waals surface area (Å²) in [5, 5.41) is 5.35. The number of nitrogens with one attached hydrogen (secondary N) is 2. The van der Waals surface area contributed by atoms with E-state index in [1.165, 1.54) is 6.07 Å². The summed E-state index contributed by atoms with van der Waals surface area (Å²) in [7, 11) is -3.72. The van der Waals surface area contributed by atoms with Gasteiger partial charge in [0.25, 0.3) is 10.0 Å². The van der Waals surface area contributed by atoms with Crippen LogP contribution in [0.2, 0.25) is 0 Å². The van der Waals surface area contributed by atoms with Gasteiger partial charge in [-0.05, 0) is 31.1 Å². The monoisotopic (exact) mass is 376 g/mol. The second-order valence-corrected chi connectivity index (χ2v) is 7.60. The maximum absolute atomic E-state index is 12.5. The summed E-state index contributed by atoms with van der Waals surface area (Å²) < 4.78 is 28.4. The Morgan fingerprint density at radius 2 is 2.00 bits per heavy atom. The van der Waals surface area contributed by atoms with E-state index in [-0.39, 0.29) is 23.3 Å². The van der Waals surface area contributed by atoms with E-state index in [0.29, 0.717) is 30.9 Å². The van der Waals surface area contributed by atoms with Crippen molar-refractivity contribution in [3.05, 3.63) is 42.5 Å². The number of amides is 2. The Kier molecular flexibility index (Phi) is 5.08. The van der Waals surface area contributed by atoms with Crippen LogP contribution in [0.4, 0.5) is 0 Å². The van der Waals surface area contributed by atoms with Gasteiger partial charge in [-0.1, -0.05) is 18.7 Å². The predicted octanol–water partition coefficient (Wildman–Crippen LogP) is 0.0183. The lowest BCUT2D eigenvalue weighted by Gasteiger charge is -2.25. The fourth-order valence-electron chi connectivity index (χ4n) is 3.15. The quantitative estimate of drug-likeness (QED) is 0.556. The Hall–Kier alpha value is -2.68. The second kappa shape index (κ2) is 7.28. The molecular formula is C17H20N4O4S. The zero-order chi connectivity index (χ0) is 18.7. The number of hydrogen-bond acceptors (Lipinski definition) is 5. The van der Waals surface area contributed by atoms with E-state index in [1.807, 2.05) is 0 Å². The van der Waals surface area contributed by atoms with Crippen LogP contribution in [0.1, 0.15) is 18.4 Å². The van der Waals surface area contributed by atoms with Crippen LogP contribution in [0.5, 0.6) is 0 Å². The number of carbonyl (C=O) groups is 2. The maximum Gasteiger partial charge on any atom is 0.285 e. The number of amidine groups is 1. The first-order chi connectivity index (χ1) is 12.4. The summed E-state index contributed by atoms with van der Waals surface area (Å²) in [6.07, 6.45) is 2.55. The molecule has 2 amide bonds. The molecule has 0 saturated carbocycles. The van der Waals surface area contributed by atoms with E-state index in [4.69, 9.17) is 0 Å². The number of rotatable bonds is 5. The summed E-state index contributed by atoms with van der Waals surface area (Å²) >= 11 is 0. The fraction of sp³-hybridized carbons (Fsp3) is 0.353. The zero-order valence-corrected chi connectivity index (χ0v) is 15.0. The molecule has 2 N–H and O–H groups in total. The molecule has 2 aliphatic rings. The van der Waals surface area contributed by atoms with Crippen LogP contribution in [0.25, 0.3) is 0 Å². The topological polar surface area (TPSA) is 108 Å². The molecule has 0 aliphatic carbocycles. The number of benzene rings is 1. The van der Waals surface area contributed by atoms with Crippen LogP contribution < -0.4 is 10.6 Å². The van der Waals surface area contributed by atoms with Crippen LogP contribution in [-0.2, 0) is 19.6 Å². The molecule has 9 heteroatoms. The Labute approximate surface area is 152 Å². The Balaban J connectivity index is 1.70. The largest absolute Gasteiger partial charge is 0.353 e. The van der Waals surface area contributed by atoms with Crippen molar-refractivity contribution in [3.63, 3.8) is 0 Å². The zero-order valence-electron chi connectivity index (χ0n) is 14.1. The van der Waals surface area contributed by atoms with Gasteiger partial charge in [-0.2, -0.15) is 8.42 Å². The van der Waals surface area contributed by atoms with Gasteiger partial charge in [-0.3, -0.25) is 9.59 Å². The molecule has 2 heterocycles. The number of nitrogens with zero attached hydrogens (tertiary/aromatic N) is 2. The molecule has 138 valence electrons. The highest BCUT2D eigenvalue weighted by atomic mass is 32.2. The number of sulfonamides is 1. The van der Waals surface area contributed by atoms with Crippen LogP contribution in [0, 0.1) is 0 Å². The highest BCUT2D eigenvalue weighted by Crippen LogP contribution is 2.31. The Morgan fingerprint density at radius 3 is 2.77 bits per heavy atom. The van der Waals surface area contributed by atoms with E-state index < -0.39 is 16.1 Å². The van der Waals surface area contributed by atoms with Gasteiger partial charge in [0.15, 0.2) is 5.84 Å². The molecule has 0 aromatic heterocycles. The van der Waals surface area contributed by atoms with E-state index in [9.17, 15) is 18.0 Å². The number of fused-ring (bicyclic) bond motifs is 1. The third-order valence-corrected chi connectivity index (χ3v) is 5.67. The van der Waals surface area contributed by atoms with Crippen molar-refractivity contribution in [2.45, 2.75) is 23.8 Å². The standard InChI is InChI=1S/C17H20N4O4S/c1-2-15(22)18-9-10-19-17(23)13-7-5-11-21(13)16-12-6-3-4-8-14(12)26(24,25)20-16/h2-4,6,8,13H,1,5,7,9-11H2,(H,18,22)(H,19,23)/t13-/m0/s1. The number of carbonyl (C=O) groups excluding carboxylic acids is 2. The summed E-state index contributed by atoms with van der Waals surface area (Å²) in [4.78, 5) is 25.5. The molecule has 0 unspecified atom stereocenters. The third-order valence-electron chi connectivity index (χ3n) is 4.35. The van der Waals surface area contributed by atoms with Gasteiger partial charge in [0.2, 0.25) is 11.8 Å². The van der Waals surface area contributed by atoms with Crippen molar-refractivity contribution in [2.24, 2.45) is 4.40 Å². The Morgan fingerprint density at radius 1 is 1.27 bits per heavy atom. The molecule has 3 rings (SSSR count). The first-order valence-corrected chi connectivity index (χ1v) is 9.77. The molecule has 0 radical (unpaired) electrons. The molecule has 1 aromatic carbocycles. The molecule has 8 nitrogen and oxygen atoms in total. The van der Waals surface area contributed by atoms with Crippen LogP contribution in [-0.4, -0.2) is 56.6 Å². The van der Waals surface area contributed by atoms with Gasteiger partial charge in [0, 0.05) is 25.2 Å². The minimum Gasteiger partial charge on any atom is -0.353 e. The van der Waals surface area contributed by atoms with Crippen LogP contribution in [0.15, 0.2) is 46.2 Å². The average molecular weight is 376 g/mol. The van der Waals surface area contributed by atoms with Crippen LogP contribution >= 0.6 is 0 Å². The predicted molar refractivity (Wildman–Crippen MR) is 96.1 cm³/mol. The second-order valence-electron chi connectivity index (χ2n) is 6.02. The van der Waals surface area contributed by atoms with Crippen molar-refractivity contribution in [1.82, 2.24) is 15.5 Å². The summed E-state index contributed by atoms with van der Waals surface area (Å²) in [6.45, 7) is 4.49. The van der Waals surface area contributed by atoms with Crippen molar-refractivity contribution in [3.8, 4) is 0 Å². The smallest absolute Gasteiger partial charge is 0.285 e. The highest BCUT2D eigenvalue weighted by molar-refractivity contribution is 7.90. The maximum atomic E-state index is 12.5. The molecule has 26 heavy (non-hydrogen) atoms. The van der Waals surface area contributed by atoms with Gasteiger partial charge in [0.05, 0.1) is 0 Å². The van der Waals surface area contributed by atoms with Gasteiger partial charge >= 0.3 is 0 Å².